The number of pyridine rings is 1. The van der Waals surface area contributed by atoms with E-state index in [4.69, 9.17) is 4.98 Å². The van der Waals surface area contributed by atoms with Gasteiger partial charge < -0.3 is 9.55 Å². The summed E-state index contributed by atoms with van der Waals surface area (Å²) < 4.78 is 2.31. The van der Waals surface area contributed by atoms with Gasteiger partial charge in [-0.2, -0.15) is 0 Å². The third kappa shape index (κ3) is 2.18. The molecule has 0 bridgehead atoms. The Hall–Kier alpha value is -3.92. The second-order valence-electron chi connectivity index (χ2n) is 6.88. The van der Waals surface area contributed by atoms with Gasteiger partial charge in [-0.25, -0.2) is 9.97 Å². The third-order valence-electron chi connectivity index (χ3n) is 5.22. The van der Waals surface area contributed by atoms with Gasteiger partial charge in [0, 0.05) is 28.2 Å². The molecular formula is C24H16N4. The first-order valence-corrected chi connectivity index (χ1v) is 9.28. The van der Waals surface area contributed by atoms with Gasteiger partial charge in [-0.3, -0.25) is 0 Å². The van der Waals surface area contributed by atoms with Crippen LogP contribution in [0.5, 0.6) is 0 Å². The van der Waals surface area contributed by atoms with E-state index in [1.54, 1.807) is 6.20 Å². The van der Waals surface area contributed by atoms with E-state index in [1.807, 2.05) is 18.2 Å². The van der Waals surface area contributed by atoms with E-state index in [1.165, 1.54) is 21.8 Å². The largest absolute Gasteiger partial charge is 0.323 e. The maximum atomic E-state index is 4.72. The average Bonchev–Trinajstić information content (AvgIpc) is 3.33. The van der Waals surface area contributed by atoms with Gasteiger partial charge in [-0.05, 0) is 36.4 Å². The highest BCUT2D eigenvalue weighted by atomic mass is 15.0. The van der Waals surface area contributed by atoms with Crippen molar-refractivity contribution in [2.24, 2.45) is 0 Å². The quantitative estimate of drug-likeness (QED) is 0.429. The lowest BCUT2D eigenvalue weighted by molar-refractivity contribution is 1.18. The smallest absolute Gasteiger partial charge is 0.157 e. The number of hydrogen-bond donors (Lipinski definition) is 1. The van der Waals surface area contributed by atoms with Crippen LogP contribution in [0.4, 0.5) is 0 Å². The van der Waals surface area contributed by atoms with Crippen LogP contribution < -0.4 is 0 Å². The van der Waals surface area contributed by atoms with Crippen LogP contribution in [-0.2, 0) is 0 Å². The van der Waals surface area contributed by atoms with Crippen LogP contribution in [0.3, 0.4) is 0 Å². The number of nitrogens with zero attached hydrogens (tertiary/aromatic N) is 3. The summed E-state index contributed by atoms with van der Waals surface area (Å²) in [6, 6.07) is 29.4. The zero-order valence-corrected chi connectivity index (χ0v) is 15.0. The first-order chi connectivity index (χ1) is 13.9. The Morgan fingerprint density at radius 2 is 1.54 bits per heavy atom. The average molecular weight is 360 g/mol. The molecule has 1 N–H and O–H groups in total. The molecule has 4 heteroatoms. The fourth-order valence-electron chi connectivity index (χ4n) is 3.95. The fraction of sp³-hybridized carbons (Fsp3) is 0. The van der Waals surface area contributed by atoms with Gasteiger partial charge in [-0.15, -0.1) is 0 Å². The van der Waals surface area contributed by atoms with Crippen molar-refractivity contribution in [2.45, 2.75) is 0 Å². The minimum Gasteiger partial charge on any atom is -0.323 e. The summed E-state index contributed by atoms with van der Waals surface area (Å²) in [6.07, 6.45) is 1.78. The summed E-state index contributed by atoms with van der Waals surface area (Å²) in [6.45, 7) is 0. The minimum atomic E-state index is 0.807. The van der Waals surface area contributed by atoms with Crippen molar-refractivity contribution >= 4 is 33.0 Å². The molecule has 6 aromatic rings. The molecule has 0 aliphatic heterocycles. The van der Waals surface area contributed by atoms with Gasteiger partial charge in [0.25, 0.3) is 0 Å². The summed E-state index contributed by atoms with van der Waals surface area (Å²) in [5.74, 6) is 0.834. The van der Waals surface area contributed by atoms with E-state index in [2.05, 4.69) is 81.3 Å². The van der Waals surface area contributed by atoms with Crippen LogP contribution in [0.15, 0.2) is 91.1 Å². The Morgan fingerprint density at radius 3 is 2.43 bits per heavy atom. The number of aromatic amines is 1. The second kappa shape index (κ2) is 5.79. The van der Waals surface area contributed by atoms with Crippen LogP contribution in [0, 0.1) is 0 Å². The van der Waals surface area contributed by atoms with Gasteiger partial charge in [0.2, 0.25) is 0 Å². The highest BCUT2D eigenvalue weighted by Gasteiger charge is 2.14. The molecule has 3 heterocycles. The zero-order chi connectivity index (χ0) is 18.5. The van der Waals surface area contributed by atoms with Crippen molar-refractivity contribution in [2.75, 3.05) is 0 Å². The molecule has 0 aliphatic carbocycles. The lowest BCUT2D eigenvalue weighted by atomic mass is 10.1. The number of benzene rings is 3. The second-order valence-corrected chi connectivity index (χ2v) is 6.88. The maximum Gasteiger partial charge on any atom is 0.157 e. The summed E-state index contributed by atoms with van der Waals surface area (Å²) >= 11 is 0. The first-order valence-electron chi connectivity index (χ1n) is 9.28. The van der Waals surface area contributed by atoms with Crippen molar-refractivity contribution in [1.29, 1.82) is 0 Å². The van der Waals surface area contributed by atoms with Crippen LogP contribution in [0.1, 0.15) is 0 Å². The number of rotatable bonds is 2. The van der Waals surface area contributed by atoms with E-state index >= 15 is 0 Å². The molecule has 0 fully saturated rings. The molecular weight excluding hydrogens is 344 g/mol. The molecule has 4 nitrogen and oxygen atoms in total. The normalized spacial score (nSPS) is 11.6. The summed E-state index contributed by atoms with van der Waals surface area (Å²) in [5.41, 5.74) is 6.25. The Morgan fingerprint density at radius 1 is 0.714 bits per heavy atom. The SMILES string of the molecule is c1ccc(-n2c3ccccc3c3ccc(-c4nc5cccnc5[nH]4)cc32)cc1. The van der Waals surface area contributed by atoms with Crippen molar-refractivity contribution in [3.63, 3.8) is 0 Å². The minimum absolute atomic E-state index is 0.807. The molecule has 0 amide bonds. The van der Waals surface area contributed by atoms with Gasteiger partial charge >= 0.3 is 0 Å². The number of imidazole rings is 1. The maximum absolute atomic E-state index is 4.72. The molecule has 0 aliphatic rings. The predicted molar refractivity (Wildman–Crippen MR) is 114 cm³/mol. The Kier molecular flexibility index (Phi) is 3.14. The van der Waals surface area contributed by atoms with E-state index in [9.17, 15) is 0 Å². The van der Waals surface area contributed by atoms with Crippen molar-refractivity contribution in [3.05, 3.63) is 91.1 Å². The topological polar surface area (TPSA) is 46.5 Å². The predicted octanol–water partition coefficient (Wildman–Crippen LogP) is 5.72. The van der Waals surface area contributed by atoms with Crippen LogP contribution >= 0.6 is 0 Å². The van der Waals surface area contributed by atoms with E-state index in [0.717, 1.165) is 28.2 Å². The molecule has 0 unspecified atom stereocenters. The molecule has 0 radical (unpaired) electrons. The van der Waals surface area contributed by atoms with Gasteiger partial charge in [0.1, 0.15) is 11.3 Å². The molecule has 6 rings (SSSR count). The van der Waals surface area contributed by atoms with Crippen LogP contribution in [0.2, 0.25) is 0 Å². The number of hydrogen-bond acceptors (Lipinski definition) is 2. The number of fused-ring (bicyclic) bond motifs is 4. The highest BCUT2D eigenvalue weighted by Crippen LogP contribution is 2.34. The lowest BCUT2D eigenvalue weighted by Gasteiger charge is -2.08. The molecule has 28 heavy (non-hydrogen) atoms. The Bertz CT molecular complexity index is 1430. The van der Waals surface area contributed by atoms with Crippen LogP contribution in [0.25, 0.3) is 50.0 Å². The van der Waals surface area contributed by atoms with E-state index < -0.39 is 0 Å². The molecule has 0 spiro atoms. The Balaban J connectivity index is 1.67. The molecule has 3 aromatic heterocycles. The summed E-state index contributed by atoms with van der Waals surface area (Å²) in [5, 5.41) is 2.48. The summed E-state index contributed by atoms with van der Waals surface area (Å²) in [4.78, 5) is 12.4. The van der Waals surface area contributed by atoms with Gasteiger partial charge in [0.15, 0.2) is 5.65 Å². The van der Waals surface area contributed by atoms with Crippen molar-refractivity contribution in [3.8, 4) is 17.1 Å². The molecule has 0 saturated carbocycles. The molecule has 132 valence electrons. The number of para-hydroxylation sites is 2. The monoisotopic (exact) mass is 360 g/mol. The zero-order valence-electron chi connectivity index (χ0n) is 15.0. The third-order valence-corrected chi connectivity index (χ3v) is 5.22. The van der Waals surface area contributed by atoms with Crippen molar-refractivity contribution < 1.29 is 0 Å². The lowest BCUT2D eigenvalue weighted by Crippen LogP contribution is -1.93. The summed E-state index contributed by atoms with van der Waals surface area (Å²) in [7, 11) is 0. The van der Waals surface area contributed by atoms with Gasteiger partial charge in [-0.1, -0.05) is 48.5 Å². The number of nitrogens with one attached hydrogen (secondary N) is 1. The van der Waals surface area contributed by atoms with Crippen molar-refractivity contribution in [1.82, 2.24) is 19.5 Å². The Labute approximate surface area is 161 Å². The first kappa shape index (κ1) is 15.2. The highest BCUT2D eigenvalue weighted by molar-refractivity contribution is 6.10. The van der Waals surface area contributed by atoms with Crippen LogP contribution in [-0.4, -0.2) is 19.5 Å². The van der Waals surface area contributed by atoms with E-state index in [-0.39, 0.29) is 0 Å². The van der Waals surface area contributed by atoms with E-state index in [0.29, 0.717) is 0 Å². The number of aromatic nitrogens is 4. The standard InChI is InChI=1S/C24H16N4/c1-2-7-17(8-3-1)28-21-11-5-4-9-18(21)19-13-12-16(15-22(19)28)23-26-20-10-6-14-25-24(20)27-23/h1-15H,(H,25,26,27). The van der Waals surface area contributed by atoms with Gasteiger partial charge in [0.05, 0.1) is 11.0 Å². The fourth-order valence-corrected chi connectivity index (χ4v) is 3.95. The molecule has 0 atom stereocenters. The molecule has 0 saturated heterocycles. The number of H-pyrrole nitrogens is 1. The molecule has 3 aromatic carbocycles.